The number of phenols is 1. The first kappa shape index (κ1) is 16.6. The summed E-state index contributed by atoms with van der Waals surface area (Å²) < 4.78 is 10.5. The molecule has 1 aromatic rings. The fourth-order valence-electron chi connectivity index (χ4n) is 2.84. The third kappa shape index (κ3) is 4.37. The van der Waals surface area contributed by atoms with Gasteiger partial charge in [-0.2, -0.15) is 0 Å². The van der Waals surface area contributed by atoms with Crippen molar-refractivity contribution in [3.05, 3.63) is 23.8 Å². The van der Waals surface area contributed by atoms with Crippen molar-refractivity contribution in [3.63, 3.8) is 0 Å². The Balaban J connectivity index is 1.98. The van der Waals surface area contributed by atoms with E-state index < -0.39 is 0 Å². The first-order valence-corrected chi connectivity index (χ1v) is 7.97. The topological polar surface area (TPSA) is 59.0 Å². The molecule has 5 heteroatoms. The average Bonchev–Trinajstić information content (AvgIpc) is 2.51. The van der Waals surface area contributed by atoms with Gasteiger partial charge in [0.2, 0.25) is 0 Å². The summed E-state index contributed by atoms with van der Waals surface area (Å²) in [7, 11) is 0. The van der Waals surface area contributed by atoms with Gasteiger partial charge < -0.3 is 14.6 Å². The van der Waals surface area contributed by atoms with Gasteiger partial charge in [-0.1, -0.05) is 6.07 Å². The van der Waals surface area contributed by atoms with E-state index in [-0.39, 0.29) is 17.6 Å². The van der Waals surface area contributed by atoms with E-state index in [2.05, 4.69) is 4.90 Å². The number of likely N-dealkylation sites (tertiary alicyclic amines) is 1. The quantitative estimate of drug-likeness (QED) is 0.819. The molecule has 1 heterocycles. The van der Waals surface area contributed by atoms with Crippen LogP contribution in [-0.4, -0.2) is 42.3 Å². The van der Waals surface area contributed by atoms with Crippen molar-refractivity contribution in [2.24, 2.45) is 5.92 Å². The molecule has 1 atom stereocenters. The zero-order valence-electron chi connectivity index (χ0n) is 13.4. The second-order valence-corrected chi connectivity index (χ2v) is 5.56. The maximum atomic E-state index is 11.9. The van der Waals surface area contributed by atoms with Crippen LogP contribution in [0.2, 0.25) is 0 Å². The number of benzene rings is 1. The summed E-state index contributed by atoms with van der Waals surface area (Å²) in [6.07, 6.45) is 1.90. The smallest absolute Gasteiger partial charge is 0.310 e. The molecule has 0 bridgehead atoms. The van der Waals surface area contributed by atoms with Gasteiger partial charge in [0.15, 0.2) is 11.5 Å². The van der Waals surface area contributed by atoms with Crippen LogP contribution in [0.15, 0.2) is 18.2 Å². The molecule has 0 radical (unpaired) electrons. The Morgan fingerprint density at radius 3 is 2.91 bits per heavy atom. The molecule has 22 heavy (non-hydrogen) atoms. The fraction of sp³-hybridized carbons (Fsp3) is 0.588. The molecule has 5 nitrogen and oxygen atoms in total. The molecule has 1 aliphatic rings. The number of hydrogen-bond donors (Lipinski definition) is 1. The van der Waals surface area contributed by atoms with Gasteiger partial charge in [0.05, 0.1) is 19.1 Å². The Morgan fingerprint density at radius 2 is 2.18 bits per heavy atom. The molecule has 2 rings (SSSR count). The molecular formula is C17H25NO4. The normalized spacial score (nSPS) is 18.9. The summed E-state index contributed by atoms with van der Waals surface area (Å²) in [6, 6.07) is 5.42. The number of aromatic hydroxyl groups is 1. The van der Waals surface area contributed by atoms with Crippen LogP contribution < -0.4 is 4.74 Å². The first-order chi connectivity index (χ1) is 10.6. The Labute approximate surface area is 131 Å². The van der Waals surface area contributed by atoms with Crippen molar-refractivity contribution in [3.8, 4) is 11.5 Å². The highest BCUT2D eigenvalue weighted by atomic mass is 16.5. The molecule has 122 valence electrons. The fourth-order valence-corrected chi connectivity index (χ4v) is 2.84. The minimum absolute atomic E-state index is 0.0304. The zero-order valence-corrected chi connectivity index (χ0v) is 13.4. The number of rotatable bonds is 6. The summed E-state index contributed by atoms with van der Waals surface area (Å²) in [5.41, 5.74) is 1.07. The monoisotopic (exact) mass is 307 g/mol. The van der Waals surface area contributed by atoms with E-state index >= 15 is 0 Å². The maximum absolute atomic E-state index is 11.9. The van der Waals surface area contributed by atoms with Gasteiger partial charge in [-0.05, 0) is 50.9 Å². The van der Waals surface area contributed by atoms with Crippen LogP contribution in [0, 0.1) is 5.92 Å². The number of ether oxygens (including phenoxy) is 2. The lowest BCUT2D eigenvalue weighted by Gasteiger charge is -2.31. The van der Waals surface area contributed by atoms with Crippen molar-refractivity contribution in [2.45, 2.75) is 33.2 Å². The van der Waals surface area contributed by atoms with E-state index in [1.807, 2.05) is 26.0 Å². The lowest BCUT2D eigenvalue weighted by atomic mass is 9.97. The van der Waals surface area contributed by atoms with Crippen molar-refractivity contribution >= 4 is 5.97 Å². The molecule has 0 aliphatic carbocycles. The molecule has 1 fully saturated rings. The van der Waals surface area contributed by atoms with Gasteiger partial charge in [-0.25, -0.2) is 0 Å². The van der Waals surface area contributed by atoms with Crippen molar-refractivity contribution in [2.75, 3.05) is 26.3 Å². The number of nitrogens with zero attached hydrogens (tertiary/aromatic N) is 1. The maximum Gasteiger partial charge on any atom is 0.310 e. The third-order valence-electron chi connectivity index (χ3n) is 3.86. The molecule has 1 aliphatic heterocycles. The predicted molar refractivity (Wildman–Crippen MR) is 83.9 cm³/mol. The van der Waals surface area contributed by atoms with Gasteiger partial charge in [0.1, 0.15) is 0 Å². The second kappa shape index (κ2) is 8.03. The Bertz CT molecular complexity index is 503. The number of piperidine rings is 1. The average molecular weight is 307 g/mol. The van der Waals surface area contributed by atoms with Gasteiger partial charge >= 0.3 is 5.97 Å². The van der Waals surface area contributed by atoms with Gasteiger partial charge in [-0.15, -0.1) is 0 Å². The van der Waals surface area contributed by atoms with E-state index in [4.69, 9.17) is 9.47 Å². The predicted octanol–water partition coefficient (Wildman–Crippen LogP) is 2.57. The van der Waals surface area contributed by atoms with Crippen LogP contribution in [0.1, 0.15) is 32.3 Å². The SMILES string of the molecule is CCOC(=O)C1CCCN(Cc2ccc(O)c(OCC)c2)C1. The molecule has 1 saturated heterocycles. The molecule has 1 unspecified atom stereocenters. The minimum atomic E-state index is -0.0899. The molecule has 1 N–H and O–H groups in total. The minimum Gasteiger partial charge on any atom is -0.504 e. The lowest BCUT2D eigenvalue weighted by Crippen LogP contribution is -2.38. The number of carbonyl (C=O) groups is 1. The third-order valence-corrected chi connectivity index (χ3v) is 3.86. The van der Waals surface area contributed by atoms with E-state index in [9.17, 15) is 9.90 Å². The van der Waals surface area contributed by atoms with Crippen molar-refractivity contribution in [1.29, 1.82) is 0 Å². The molecular weight excluding hydrogens is 282 g/mol. The first-order valence-electron chi connectivity index (χ1n) is 7.97. The largest absolute Gasteiger partial charge is 0.504 e. The zero-order chi connectivity index (χ0) is 15.9. The summed E-state index contributed by atoms with van der Waals surface area (Å²) in [5, 5.41) is 9.75. The molecule has 0 aromatic heterocycles. The van der Waals surface area contributed by atoms with Crippen LogP contribution in [0.5, 0.6) is 11.5 Å². The molecule has 0 spiro atoms. The van der Waals surface area contributed by atoms with Crippen molar-refractivity contribution in [1.82, 2.24) is 4.90 Å². The van der Waals surface area contributed by atoms with E-state index in [0.29, 0.717) is 19.0 Å². The molecule has 1 aromatic carbocycles. The summed E-state index contributed by atoms with van der Waals surface area (Å²) in [5.74, 6) is 0.553. The lowest BCUT2D eigenvalue weighted by molar-refractivity contribution is -0.150. The van der Waals surface area contributed by atoms with E-state index in [0.717, 1.165) is 38.0 Å². The van der Waals surface area contributed by atoms with E-state index in [1.54, 1.807) is 6.07 Å². The van der Waals surface area contributed by atoms with Crippen LogP contribution in [0.4, 0.5) is 0 Å². The molecule has 0 saturated carbocycles. The summed E-state index contributed by atoms with van der Waals surface area (Å²) >= 11 is 0. The second-order valence-electron chi connectivity index (χ2n) is 5.56. The van der Waals surface area contributed by atoms with Crippen LogP contribution >= 0.6 is 0 Å². The van der Waals surface area contributed by atoms with Crippen LogP contribution in [0.25, 0.3) is 0 Å². The van der Waals surface area contributed by atoms with E-state index in [1.165, 1.54) is 0 Å². The Hall–Kier alpha value is -1.75. The van der Waals surface area contributed by atoms with Gasteiger partial charge in [0, 0.05) is 13.1 Å². The van der Waals surface area contributed by atoms with Crippen LogP contribution in [0.3, 0.4) is 0 Å². The summed E-state index contributed by atoms with van der Waals surface area (Å²) in [4.78, 5) is 14.1. The van der Waals surface area contributed by atoms with Gasteiger partial charge in [-0.3, -0.25) is 9.69 Å². The van der Waals surface area contributed by atoms with Crippen LogP contribution in [-0.2, 0) is 16.1 Å². The Kier molecular flexibility index (Phi) is 6.07. The van der Waals surface area contributed by atoms with Gasteiger partial charge in [0.25, 0.3) is 0 Å². The summed E-state index contributed by atoms with van der Waals surface area (Å²) in [6.45, 7) is 7.13. The highest BCUT2D eigenvalue weighted by Gasteiger charge is 2.26. The van der Waals surface area contributed by atoms with Crippen molar-refractivity contribution < 1.29 is 19.4 Å². The highest BCUT2D eigenvalue weighted by molar-refractivity contribution is 5.72. The number of esters is 1. The number of phenolic OH excluding ortho intramolecular Hbond substituents is 1. The number of hydrogen-bond acceptors (Lipinski definition) is 5. The Morgan fingerprint density at radius 1 is 1.36 bits per heavy atom. The highest BCUT2D eigenvalue weighted by Crippen LogP contribution is 2.28. The standard InChI is InChI=1S/C17H25NO4/c1-3-21-16-10-13(7-8-15(16)19)11-18-9-5-6-14(12-18)17(20)22-4-2/h7-8,10,14,19H,3-6,9,11-12H2,1-2H3. The molecule has 0 amide bonds. The number of carbonyl (C=O) groups excluding carboxylic acids is 1.